The summed E-state index contributed by atoms with van der Waals surface area (Å²) in [5.74, 6) is -0.241. The van der Waals surface area contributed by atoms with Gasteiger partial charge in [0.2, 0.25) is 0 Å². The van der Waals surface area contributed by atoms with Crippen molar-refractivity contribution in [3.63, 3.8) is 0 Å². The van der Waals surface area contributed by atoms with E-state index in [-0.39, 0.29) is 18.3 Å². The Morgan fingerprint density at radius 2 is 1.90 bits per heavy atom. The molecule has 0 spiro atoms. The summed E-state index contributed by atoms with van der Waals surface area (Å²) in [6, 6.07) is 9.98. The van der Waals surface area contributed by atoms with E-state index in [0.29, 0.717) is 6.61 Å². The van der Waals surface area contributed by atoms with Crippen LogP contribution in [-0.2, 0) is 14.6 Å². The third kappa shape index (κ3) is 2.70. The highest BCUT2D eigenvalue weighted by molar-refractivity contribution is 7.92. The van der Waals surface area contributed by atoms with E-state index in [9.17, 15) is 13.7 Å². The molecule has 0 aromatic heterocycles. The summed E-state index contributed by atoms with van der Waals surface area (Å²) >= 11 is 0. The molecule has 4 nitrogen and oxygen atoms in total. The summed E-state index contributed by atoms with van der Waals surface area (Å²) in [6.07, 6.45) is 0. The summed E-state index contributed by atoms with van der Waals surface area (Å²) in [7, 11) is -3.29. The molecule has 0 radical (unpaired) electrons. The largest absolute Gasteiger partial charge is 0.380 e. The molecule has 0 amide bonds. The molecule has 0 unspecified atom stereocenters. The number of hydrogen-bond donors (Lipinski definition) is 0. The summed E-state index contributed by atoms with van der Waals surface area (Å²) < 4.78 is 30.1. The molecular formula is C16H21NO3S. The Kier molecular flexibility index (Phi) is 4.40. The average molecular weight is 307 g/mol. The van der Waals surface area contributed by atoms with Crippen LogP contribution in [0.2, 0.25) is 0 Å². The third-order valence-corrected chi connectivity index (χ3v) is 6.51. The first-order valence-electron chi connectivity index (χ1n) is 7.20. The fourth-order valence-electron chi connectivity index (χ4n) is 2.97. The van der Waals surface area contributed by atoms with E-state index >= 15 is 0 Å². The second-order valence-corrected chi connectivity index (χ2v) is 7.96. The first kappa shape index (κ1) is 16.0. The molecule has 0 saturated heterocycles. The van der Waals surface area contributed by atoms with E-state index in [1.165, 1.54) is 0 Å². The summed E-state index contributed by atoms with van der Waals surface area (Å²) in [5, 5.41) is 8.95. The lowest BCUT2D eigenvalue weighted by Gasteiger charge is -2.09. The monoisotopic (exact) mass is 307 g/mol. The Labute approximate surface area is 126 Å². The van der Waals surface area contributed by atoms with Gasteiger partial charge in [0.15, 0.2) is 9.84 Å². The molecule has 1 aliphatic carbocycles. The predicted molar refractivity (Wildman–Crippen MR) is 81.7 cm³/mol. The van der Waals surface area contributed by atoms with Crippen molar-refractivity contribution in [1.82, 2.24) is 0 Å². The number of benzene rings is 1. The lowest BCUT2D eigenvalue weighted by atomic mass is 10.0. The topological polar surface area (TPSA) is 67.2 Å². The number of nitriles is 1. The minimum absolute atomic E-state index is 0.0512. The molecule has 1 fully saturated rings. The van der Waals surface area contributed by atoms with Gasteiger partial charge >= 0.3 is 0 Å². The van der Waals surface area contributed by atoms with Gasteiger partial charge in [0.1, 0.15) is 5.41 Å². The number of rotatable bonds is 6. The van der Waals surface area contributed by atoms with Crippen LogP contribution in [0.1, 0.15) is 30.9 Å². The highest BCUT2D eigenvalue weighted by Gasteiger charge is 2.71. The van der Waals surface area contributed by atoms with Crippen LogP contribution in [-0.4, -0.2) is 32.6 Å². The van der Waals surface area contributed by atoms with Gasteiger partial charge in [-0.25, -0.2) is 8.42 Å². The van der Waals surface area contributed by atoms with E-state index in [1.54, 1.807) is 6.92 Å². The smallest absolute Gasteiger partial charge is 0.155 e. The van der Waals surface area contributed by atoms with Crippen molar-refractivity contribution in [3.05, 3.63) is 35.4 Å². The van der Waals surface area contributed by atoms with Crippen LogP contribution in [0.4, 0.5) is 0 Å². The molecule has 21 heavy (non-hydrogen) atoms. The van der Waals surface area contributed by atoms with Crippen LogP contribution < -0.4 is 0 Å². The van der Waals surface area contributed by atoms with Crippen LogP contribution in [0.3, 0.4) is 0 Å². The zero-order chi connectivity index (χ0) is 15.7. The lowest BCUT2D eigenvalue weighted by Crippen LogP contribution is -2.20. The quantitative estimate of drug-likeness (QED) is 0.809. The summed E-state index contributed by atoms with van der Waals surface area (Å²) in [5.41, 5.74) is 1.07. The summed E-state index contributed by atoms with van der Waals surface area (Å²) in [6.45, 7) is 6.10. The normalized spacial score (nSPS) is 28.1. The fraction of sp³-hybridized carbons (Fsp3) is 0.562. The van der Waals surface area contributed by atoms with Crippen molar-refractivity contribution in [2.24, 2.45) is 5.41 Å². The molecule has 114 valence electrons. The van der Waals surface area contributed by atoms with Gasteiger partial charge in [-0.05, 0) is 19.4 Å². The molecular weight excluding hydrogens is 286 g/mol. The molecule has 5 heteroatoms. The highest BCUT2D eigenvalue weighted by Crippen LogP contribution is 2.62. The zero-order valence-corrected chi connectivity index (χ0v) is 13.5. The SMILES string of the molecule is CCOC[C@@]1(C#N)[C@H](c2ccc(C)cc2)[C@@H]1S(=O)(=O)CC. The minimum Gasteiger partial charge on any atom is -0.380 e. The van der Waals surface area contributed by atoms with Gasteiger partial charge in [0.05, 0.1) is 17.9 Å². The van der Waals surface area contributed by atoms with E-state index in [1.807, 2.05) is 38.1 Å². The van der Waals surface area contributed by atoms with E-state index in [2.05, 4.69) is 6.07 Å². The standard InChI is InChI=1S/C16H21NO3S/c1-4-20-11-16(10-17)14(15(16)21(18,19)5-2)13-8-6-12(3)7-9-13/h6-9,14-15H,4-5,11H2,1-3H3/t14-,15+,16+/m1/s1. The fourth-order valence-corrected chi connectivity index (χ4v) is 4.97. The molecule has 0 bridgehead atoms. The minimum atomic E-state index is -3.29. The molecule has 0 heterocycles. The number of nitrogens with zero attached hydrogens (tertiary/aromatic N) is 1. The zero-order valence-electron chi connectivity index (χ0n) is 12.7. The Morgan fingerprint density at radius 3 is 2.38 bits per heavy atom. The number of aryl methyl sites for hydroxylation is 1. The maximum absolute atomic E-state index is 12.3. The molecule has 2 rings (SSSR count). The number of hydrogen-bond acceptors (Lipinski definition) is 4. The van der Waals surface area contributed by atoms with Crippen LogP contribution >= 0.6 is 0 Å². The average Bonchev–Trinajstić information content (AvgIpc) is 3.16. The molecule has 3 atom stereocenters. The molecule has 0 aliphatic heterocycles. The van der Waals surface area contributed by atoms with Gasteiger partial charge in [-0.3, -0.25) is 0 Å². The molecule has 0 N–H and O–H groups in total. The van der Waals surface area contributed by atoms with Crippen LogP contribution in [0, 0.1) is 23.7 Å². The van der Waals surface area contributed by atoms with Crippen molar-refractivity contribution < 1.29 is 13.2 Å². The second-order valence-electron chi connectivity index (χ2n) is 5.55. The maximum Gasteiger partial charge on any atom is 0.155 e. The van der Waals surface area contributed by atoms with E-state index in [0.717, 1.165) is 11.1 Å². The number of sulfone groups is 1. The first-order valence-corrected chi connectivity index (χ1v) is 8.91. The van der Waals surface area contributed by atoms with Crippen molar-refractivity contribution in [2.75, 3.05) is 19.0 Å². The van der Waals surface area contributed by atoms with Gasteiger partial charge in [-0.15, -0.1) is 0 Å². The molecule has 1 aromatic carbocycles. The molecule has 1 aliphatic rings. The van der Waals surface area contributed by atoms with Crippen molar-refractivity contribution >= 4 is 9.84 Å². The van der Waals surface area contributed by atoms with Crippen molar-refractivity contribution in [2.45, 2.75) is 31.9 Å². The lowest BCUT2D eigenvalue weighted by molar-refractivity contribution is 0.117. The molecule has 1 aromatic rings. The van der Waals surface area contributed by atoms with Gasteiger partial charge in [-0.1, -0.05) is 36.8 Å². The van der Waals surface area contributed by atoms with Crippen LogP contribution in [0.25, 0.3) is 0 Å². The number of ether oxygens (including phenoxy) is 1. The second kappa shape index (κ2) is 5.78. The van der Waals surface area contributed by atoms with E-state index < -0.39 is 20.5 Å². The van der Waals surface area contributed by atoms with Crippen molar-refractivity contribution in [3.8, 4) is 6.07 Å². The van der Waals surface area contributed by atoms with Crippen molar-refractivity contribution in [1.29, 1.82) is 5.26 Å². The van der Waals surface area contributed by atoms with Gasteiger partial charge in [0, 0.05) is 18.3 Å². The highest BCUT2D eigenvalue weighted by atomic mass is 32.2. The molecule has 1 saturated carbocycles. The Morgan fingerprint density at radius 1 is 1.29 bits per heavy atom. The first-order chi connectivity index (χ1) is 9.93. The third-order valence-electron chi connectivity index (χ3n) is 4.24. The Balaban J connectivity index is 2.42. The van der Waals surface area contributed by atoms with Gasteiger partial charge in [0.25, 0.3) is 0 Å². The van der Waals surface area contributed by atoms with Gasteiger partial charge < -0.3 is 4.74 Å². The van der Waals surface area contributed by atoms with Crippen LogP contribution in [0.15, 0.2) is 24.3 Å². The summed E-state index contributed by atoms with van der Waals surface area (Å²) in [4.78, 5) is 0. The van der Waals surface area contributed by atoms with E-state index in [4.69, 9.17) is 4.74 Å². The van der Waals surface area contributed by atoms with Crippen LogP contribution in [0.5, 0.6) is 0 Å². The Bertz CT molecular complexity index is 645. The maximum atomic E-state index is 12.3. The predicted octanol–water partition coefficient (Wildman–Crippen LogP) is 2.44. The van der Waals surface area contributed by atoms with Gasteiger partial charge in [-0.2, -0.15) is 5.26 Å². The Hall–Kier alpha value is -1.38.